The van der Waals surface area contributed by atoms with Crippen LogP contribution in [0.3, 0.4) is 0 Å². The molecule has 0 spiro atoms. The summed E-state index contributed by atoms with van der Waals surface area (Å²) in [7, 11) is -2.50. The van der Waals surface area contributed by atoms with Crippen molar-refractivity contribution < 1.29 is 21.5 Å². The molecule has 0 saturated carbocycles. The van der Waals surface area contributed by atoms with Gasteiger partial charge in [-0.1, -0.05) is 25.5 Å². The van der Waals surface area contributed by atoms with Gasteiger partial charge >= 0.3 is 10.1 Å². The second-order valence-electron chi connectivity index (χ2n) is 12.1. The molecule has 0 aliphatic heterocycles. The van der Waals surface area contributed by atoms with Crippen LogP contribution in [0.25, 0.3) is 0 Å². The number of benzene rings is 3. The summed E-state index contributed by atoms with van der Waals surface area (Å²) in [5, 5.41) is 0. The molecule has 220 valence electrons. The third-order valence-electron chi connectivity index (χ3n) is 5.82. The minimum atomic E-state index is -3.80. The van der Waals surface area contributed by atoms with Crippen LogP contribution in [0.1, 0.15) is 61.3 Å². The summed E-state index contributed by atoms with van der Waals surface area (Å²) in [5.41, 5.74) is 0.171. The van der Waals surface area contributed by atoms with E-state index in [0.717, 1.165) is 26.8 Å². The van der Waals surface area contributed by atoms with Crippen LogP contribution in [-0.4, -0.2) is 43.1 Å². The van der Waals surface area contributed by atoms with E-state index in [-0.39, 0.29) is 5.75 Å². The van der Waals surface area contributed by atoms with Crippen LogP contribution in [0.2, 0.25) is 0 Å². The molecule has 0 bridgehead atoms. The maximum atomic E-state index is 13.7. The van der Waals surface area contributed by atoms with E-state index in [4.69, 9.17) is 13.1 Å². The van der Waals surface area contributed by atoms with Crippen molar-refractivity contribution in [3.8, 4) is 11.5 Å². The number of unbranched alkanes of at least 4 members (excludes halogenated alkanes) is 1. The Kier molecular flexibility index (Phi) is 9.91. The Morgan fingerprint density at radius 2 is 1.20 bits per heavy atom. The summed E-state index contributed by atoms with van der Waals surface area (Å²) in [4.78, 5) is 4.39. The van der Waals surface area contributed by atoms with Gasteiger partial charge in [0.25, 0.3) is 0 Å². The van der Waals surface area contributed by atoms with E-state index in [9.17, 15) is 8.42 Å². The molecular weight excluding hydrogens is 542 g/mol. The third-order valence-corrected chi connectivity index (χ3v) is 11.3. The van der Waals surface area contributed by atoms with Gasteiger partial charge in [-0.15, -0.1) is 0 Å². The van der Waals surface area contributed by atoms with E-state index in [1.807, 2.05) is 140 Å². The second-order valence-corrected chi connectivity index (χ2v) is 16.8. The molecule has 40 heavy (non-hydrogen) atoms. The Balaban J connectivity index is 2.38. The average molecular weight is 589 g/mol. The molecule has 0 aromatic heterocycles. The van der Waals surface area contributed by atoms with Gasteiger partial charge in [-0.25, -0.2) is 0 Å². The van der Waals surface area contributed by atoms with Gasteiger partial charge in [0, 0.05) is 19.8 Å². The number of hydrogen-bond acceptors (Lipinski definition) is 5. The highest BCUT2D eigenvalue weighted by Gasteiger charge is 2.43. The molecule has 0 atom stereocenters. The fraction of sp³-hybridized carbons (Fsp3) is 0.438. The predicted molar refractivity (Wildman–Crippen MR) is 168 cm³/mol. The first-order valence-electron chi connectivity index (χ1n) is 13.7. The summed E-state index contributed by atoms with van der Waals surface area (Å²) in [6, 6.07) is 23.4. The first-order valence-corrected chi connectivity index (χ1v) is 16.9. The topological polar surface area (TPSA) is 68.6 Å². The van der Waals surface area contributed by atoms with Crippen LogP contribution >= 0.6 is 10.3 Å². The maximum absolute atomic E-state index is 13.7. The Morgan fingerprint density at radius 1 is 0.725 bits per heavy atom. The lowest BCUT2D eigenvalue weighted by atomic mass is 10.2. The lowest BCUT2D eigenvalue weighted by Crippen LogP contribution is -2.24. The fourth-order valence-electron chi connectivity index (χ4n) is 4.16. The third kappa shape index (κ3) is 8.41. The Morgan fingerprint density at radius 3 is 1.60 bits per heavy atom. The van der Waals surface area contributed by atoms with E-state index in [0.29, 0.717) is 17.9 Å². The van der Waals surface area contributed by atoms with Gasteiger partial charge in [0.2, 0.25) is 0 Å². The second kappa shape index (κ2) is 12.5. The number of anilines is 1. The molecule has 3 rings (SSSR count). The molecule has 3 aromatic rings. The highest BCUT2D eigenvalue weighted by molar-refractivity contribution is 8.32. The maximum Gasteiger partial charge on any atom is 0.390 e. The molecule has 0 aliphatic rings. The van der Waals surface area contributed by atoms with Crippen LogP contribution in [0.5, 0.6) is 11.5 Å². The molecule has 1 N–H and O–H groups in total. The quantitative estimate of drug-likeness (QED) is 0.166. The van der Waals surface area contributed by atoms with E-state index in [2.05, 4.69) is 0 Å². The molecule has 0 fully saturated rings. The smallest absolute Gasteiger partial charge is 0.390 e. The van der Waals surface area contributed by atoms with Gasteiger partial charge in [0.05, 0.1) is 25.0 Å². The Bertz CT molecular complexity index is 1310. The highest BCUT2D eigenvalue weighted by atomic mass is 32.3. The lowest BCUT2D eigenvalue weighted by Gasteiger charge is -2.36. The van der Waals surface area contributed by atoms with E-state index in [1.165, 1.54) is 0 Å². The molecule has 3 aromatic carbocycles. The monoisotopic (exact) mass is 588 g/mol. The average Bonchev–Trinajstić information content (AvgIpc) is 2.84. The fourth-order valence-corrected chi connectivity index (χ4v) is 9.98. The van der Waals surface area contributed by atoms with Gasteiger partial charge in [0.15, 0.2) is 0 Å². The van der Waals surface area contributed by atoms with E-state index < -0.39 is 31.6 Å². The number of ether oxygens (including phenoxy) is 2. The van der Waals surface area contributed by atoms with Crippen molar-refractivity contribution in [3.63, 3.8) is 0 Å². The molecule has 0 amide bonds. The number of rotatable bonds is 11. The highest BCUT2D eigenvalue weighted by Crippen LogP contribution is 2.69. The molecule has 8 heteroatoms. The number of hydrogen-bond donors (Lipinski definition) is 0. The van der Waals surface area contributed by atoms with Gasteiger partial charge < -0.3 is 14.4 Å². The van der Waals surface area contributed by atoms with E-state index >= 15 is 0 Å². The SMILES string of the molecule is CCCCS(=O)(=O)[OH+]S(c1ccc(N(C)C)cc1)(c1cccc(OC(C)(C)C)c1)c1cccc(OC(C)(C)C)c1. The summed E-state index contributed by atoms with van der Waals surface area (Å²) in [6.45, 7) is 13.9. The van der Waals surface area contributed by atoms with E-state index in [1.54, 1.807) is 0 Å². The molecule has 6 nitrogen and oxygen atoms in total. The molecular formula is C32H46NO5S2+. The summed E-state index contributed by atoms with van der Waals surface area (Å²) in [5.74, 6) is 1.31. The molecule has 0 unspecified atom stereocenters. The Hall–Kier alpha value is -2.68. The molecule has 0 aliphatic carbocycles. The van der Waals surface area contributed by atoms with Crippen molar-refractivity contribution in [2.45, 2.75) is 87.2 Å². The van der Waals surface area contributed by atoms with Crippen molar-refractivity contribution in [2.24, 2.45) is 0 Å². The lowest BCUT2D eigenvalue weighted by molar-refractivity contribution is 0.130. The van der Waals surface area contributed by atoms with Crippen molar-refractivity contribution >= 4 is 26.1 Å². The zero-order valence-electron chi connectivity index (χ0n) is 25.4. The van der Waals surface area contributed by atoms with Crippen molar-refractivity contribution in [3.05, 3.63) is 72.8 Å². The van der Waals surface area contributed by atoms with Gasteiger partial charge in [0.1, 0.15) is 28.5 Å². The summed E-state index contributed by atoms with van der Waals surface area (Å²) >= 11 is 0. The van der Waals surface area contributed by atoms with Crippen LogP contribution < -0.4 is 14.4 Å². The van der Waals surface area contributed by atoms with Crippen LogP contribution in [0.15, 0.2) is 87.5 Å². The van der Waals surface area contributed by atoms with Crippen molar-refractivity contribution in [1.29, 1.82) is 0 Å². The first-order chi connectivity index (χ1) is 18.5. The normalized spacial score (nSPS) is 13.1. The van der Waals surface area contributed by atoms with Crippen LogP contribution in [0, 0.1) is 0 Å². The van der Waals surface area contributed by atoms with Gasteiger partial charge in [-0.05, 0) is 109 Å². The zero-order valence-corrected chi connectivity index (χ0v) is 27.0. The molecule has 0 radical (unpaired) electrons. The minimum Gasteiger partial charge on any atom is -0.488 e. The molecule has 0 saturated heterocycles. The first kappa shape index (κ1) is 31.8. The van der Waals surface area contributed by atoms with Crippen molar-refractivity contribution in [2.75, 3.05) is 24.7 Å². The van der Waals surface area contributed by atoms with Crippen LogP contribution in [0.4, 0.5) is 5.69 Å². The predicted octanol–water partition coefficient (Wildman–Crippen LogP) is 8.53. The number of nitrogens with zero attached hydrogens (tertiary/aromatic N) is 1. The zero-order chi connectivity index (χ0) is 29.8. The standard InChI is InChI=1S/C32H45NO5S2/c1-10-11-22-39(34,35)38-40(28-20-18-25(19-21-28)33(8)9,29-16-12-14-26(23-29)36-31(2,3)4)30-17-13-15-27(24-30)37-32(5,6)7/h12-21,23-24H,10-11,22H2,1-9H3/p+1. The summed E-state index contributed by atoms with van der Waals surface area (Å²) in [6.07, 6.45) is 1.31. The van der Waals surface area contributed by atoms with Crippen molar-refractivity contribution in [1.82, 2.24) is 0 Å². The Labute approximate surface area is 243 Å². The largest absolute Gasteiger partial charge is 0.488 e. The summed E-state index contributed by atoms with van der Waals surface area (Å²) < 4.78 is 44.8. The molecule has 0 heterocycles. The van der Waals surface area contributed by atoms with Gasteiger partial charge in [-0.3, -0.25) is 3.63 Å². The van der Waals surface area contributed by atoms with Gasteiger partial charge in [-0.2, -0.15) is 8.42 Å². The van der Waals surface area contributed by atoms with Crippen LogP contribution in [-0.2, 0) is 10.1 Å². The minimum absolute atomic E-state index is 0.00953.